The van der Waals surface area contributed by atoms with Gasteiger partial charge < -0.3 is 9.73 Å². The number of likely N-dealkylation sites (tertiary alicyclic amines) is 1. The van der Waals surface area contributed by atoms with Gasteiger partial charge in [0.15, 0.2) is 0 Å². The summed E-state index contributed by atoms with van der Waals surface area (Å²) in [5.41, 5.74) is 2.09. The van der Waals surface area contributed by atoms with E-state index in [1.165, 1.54) is 12.8 Å². The standard InChI is InChI=1S/C22H25N3O2S/c26-21(10-11-22-24-18(16-28-22)17-7-2-1-3-8-17)23-15-19(20-9-6-14-27-20)25-12-4-5-13-25/h1-3,6-9,14,16,19H,4-5,10-13,15H2,(H,23,26). The predicted molar refractivity (Wildman–Crippen MR) is 111 cm³/mol. The molecule has 0 aliphatic carbocycles. The highest BCUT2D eigenvalue weighted by Gasteiger charge is 2.25. The van der Waals surface area contributed by atoms with Gasteiger partial charge in [0.25, 0.3) is 0 Å². The van der Waals surface area contributed by atoms with Crippen molar-refractivity contribution in [3.05, 3.63) is 64.9 Å². The summed E-state index contributed by atoms with van der Waals surface area (Å²) in [6.07, 6.45) is 5.23. The van der Waals surface area contributed by atoms with Crippen LogP contribution in [0.3, 0.4) is 0 Å². The van der Waals surface area contributed by atoms with Gasteiger partial charge in [-0.15, -0.1) is 11.3 Å². The summed E-state index contributed by atoms with van der Waals surface area (Å²) in [7, 11) is 0. The van der Waals surface area contributed by atoms with Crippen molar-refractivity contribution >= 4 is 17.2 Å². The van der Waals surface area contributed by atoms with Gasteiger partial charge in [-0.3, -0.25) is 9.69 Å². The topological polar surface area (TPSA) is 58.4 Å². The van der Waals surface area contributed by atoms with Gasteiger partial charge in [0.1, 0.15) is 5.76 Å². The van der Waals surface area contributed by atoms with Crippen LogP contribution in [0, 0.1) is 0 Å². The molecule has 1 N–H and O–H groups in total. The van der Waals surface area contributed by atoms with Crippen molar-refractivity contribution in [3.8, 4) is 11.3 Å². The zero-order chi connectivity index (χ0) is 19.2. The summed E-state index contributed by atoms with van der Waals surface area (Å²) in [6, 6.07) is 14.2. The number of aryl methyl sites for hydroxylation is 1. The van der Waals surface area contributed by atoms with Gasteiger partial charge in [-0.25, -0.2) is 4.98 Å². The maximum atomic E-state index is 12.4. The first-order valence-electron chi connectivity index (χ1n) is 9.83. The molecule has 1 aromatic carbocycles. The first-order chi connectivity index (χ1) is 13.8. The van der Waals surface area contributed by atoms with Crippen molar-refractivity contribution < 1.29 is 9.21 Å². The Morgan fingerprint density at radius 2 is 2.00 bits per heavy atom. The molecule has 3 aromatic rings. The zero-order valence-corrected chi connectivity index (χ0v) is 16.7. The Morgan fingerprint density at radius 1 is 1.18 bits per heavy atom. The number of aromatic nitrogens is 1. The average Bonchev–Trinajstić information content (AvgIpc) is 3.50. The molecule has 2 aromatic heterocycles. The highest BCUT2D eigenvalue weighted by atomic mass is 32.1. The number of furan rings is 1. The fourth-order valence-corrected chi connectivity index (χ4v) is 4.44. The van der Waals surface area contributed by atoms with Crippen LogP contribution in [-0.2, 0) is 11.2 Å². The van der Waals surface area contributed by atoms with Gasteiger partial charge in [-0.2, -0.15) is 0 Å². The van der Waals surface area contributed by atoms with Gasteiger partial charge in [-0.05, 0) is 38.1 Å². The highest BCUT2D eigenvalue weighted by Crippen LogP contribution is 2.25. The molecule has 3 heterocycles. The lowest BCUT2D eigenvalue weighted by atomic mass is 10.2. The Balaban J connectivity index is 1.29. The van der Waals surface area contributed by atoms with Crippen LogP contribution in [0.15, 0.2) is 58.5 Å². The van der Waals surface area contributed by atoms with Gasteiger partial charge in [0, 0.05) is 30.3 Å². The van der Waals surface area contributed by atoms with Crippen LogP contribution >= 0.6 is 11.3 Å². The maximum Gasteiger partial charge on any atom is 0.220 e. The molecule has 0 radical (unpaired) electrons. The maximum absolute atomic E-state index is 12.4. The van der Waals surface area contributed by atoms with Crippen LogP contribution in [-0.4, -0.2) is 35.4 Å². The number of nitrogens with one attached hydrogen (secondary N) is 1. The molecule has 1 atom stereocenters. The molecule has 4 rings (SSSR count). The molecule has 1 saturated heterocycles. The largest absolute Gasteiger partial charge is 0.468 e. The van der Waals surface area contributed by atoms with Crippen molar-refractivity contribution in [2.24, 2.45) is 0 Å². The fourth-order valence-electron chi connectivity index (χ4n) is 3.63. The summed E-state index contributed by atoms with van der Waals surface area (Å²) in [5.74, 6) is 0.988. The molecule has 1 fully saturated rings. The molecule has 28 heavy (non-hydrogen) atoms. The summed E-state index contributed by atoms with van der Waals surface area (Å²) in [5, 5.41) is 6.15. The Hall–Kier alpha value is -2.44. The minimum atomic E-state index is 0.0622. The Morgan fingerprint density at radius 3 is 2.75 bits per heavy atom. The van der Waals surface area contributed by atoms with Crippen molar-refractivity contribution in [1.29, 1.82) is 0 Å². The fraction of sp³-hybridized carbons (Fsp3) is 0.364. The van der Waals surface area contributed by atoms with Crippen molar-refractivity contribution in [2.75, 3.05) is 19.6 Å². The Kier molecular flexibility index (Phi) is 6.19. The number of thiazole rings is 1. The van der Waals surface area contributed by atoms with E-state index < -0.39 is 0 Å². The van der Waals surface area contributed by atoms with Crippen LogP contribution in [0.5, 0.6) is 0 Å². The molecule has 1 aliphatic rings. The third kappa shape index (κ3) is 4.69. The molecular formula is C22H25N3O2S. The molecule has 0 spiro atoms. The molecule has 0 bridgehead atoms. The quantitative estimate of drug-likeness (QED) is 0.618. The molecule has 1 amide bonds. The number of nitrogens with zero attached hydrogens (tertiary/aromatic N) is 2. The first kappa shape index (κ1) is 18.9. The van der Waals surface area contributed by atoms with Crippen molar-refractivity contribution in [3.63, 3.8) is 0 Å². The minimum absolute atomic E-state index is 0.0622. The van der Waals surface area contributed by atoms with E-state index in [1.54, 1.807) is 17.6 Å². The van der Waals surface area contributed by atoms with Gasteiger partial charge >= 0.3 is 0 Å². The molecular weight excluding hydrogens is 370 g/mol. The molecule has 1 unspecified atom stereocenters. The number of benzene rings is 1. The van der Waals surface area contributed by atoms with Crippen LogP contribution in [0.4, 0.5) is 0 Å². The monoisotopic (exact) mass is 395 g/mol. The van der Waals surface area contributed by atoms with Gasteiger partial charge in [-0.1, -0.05) is 30.3 Å². The minimum Gasteiger partial charge on any atom is -0.468 e. The van der Waals surface area contributed by atoms with Crippen LogP contribution in [0.1, 0.15) is 36.1 Å². The number of hydrogen-bond acceptors (Lipinski definition) is 5. The van der Waals surface area contributed by atoms with Gasteiger partial charge in [0.05, 0.1) is 23.0 Å². The SMILES string of the molecule is O=C(CCc1nc(-c2ccccc2)cs1)NCC(c1ccco1)N1CCCC1. The normalized spacial score (nSPS) is 15.6. The lowest BCUT2D eigenvalue weighted by Crippen LogP contribution is -2.36. The number of carbonyl (C=O) groups is 1. The van der Waals surface area contributed by atoms with E-state index in [2.05, 4.69) is 32.7 Å². The van der Waals surface area contributed by atoms with Crippen LogP contribution in [0.25, 0.3) is 11.3 Å². The van der Waals surface area contributed by atoms with Crippen molar-refractivity contribution in [1.82, 2.24) is 15.2 Å². The lowest BCUT2D eigenvalue weighted by molar-refractivity contribution is -0.121. The smallest absolute Gasteiger partial charge is 0.220 e. The summed E-state index contributed by atoms with van der Waals surface area (Å²) in [4.78, 5) is 19.5. The Labute approximate surface area is 169 Å². The third-order valence-electron chi connectivity index (χ3n) is 5.13. The summed E-state index contributed by atoms with van der Waals surface area (Å²) >= 11 is 1.61. The number of hydrogen-bond donors (Lipinski definition) is 1. The van der Waals surface area contributed by atoms with E-state index >= 15 is 0 Å². The van der Waals surface area contributed by atoms with Crippen LogP contribution < -0.4 is 5.32 Å². The average molecular weight is 396 g/mol. The molecule has 5 nitrogen and oxygen atoms in total. The summed E-state index contributed by atoms with van der Waals surface area (Å²) in [6.45, 7) is 2.70. The van der Waals surface area contributed by atoms with Crippen LogP contribution in [0.2, 0.25) is 0 Å². The van der Waals surface area contributed by atoms with Crippen molar-refractivity contribution in [2.45, 2.75) is 31.7 Å². The van der Waals surface area contributed by atoms with Gasteiger partial charge in [0.2, 0.25) is 5.91 Å². The zero-order valence-electron chi connectivity index (χ0n) is 15.8. The predicted octanol–water partition coefficient (Wildman–Crippen LogP) is 4.29. The summed E-state index contributed by atoms with van der Waals surface area (Å²) < 4.78 is 5.61. The third-order valence-corrected chi connectivity index (χ3v) is 6.04. The highest BCUT2D eigenvalue weighted by molar-refractivity contribution is 7.09. The molecule has 6 heteroatoms. The van der Waals surface area contributed by atoms with E-state index in [0.29, 0.717) is 19.4 Å². The second-order valence-electron chi connectivity index (χ2n) is 7.07. The van der Waals surface area contributed by atoms with E-state index in [4.69, 9.17) is 4.42 Å². The van der Waals surface area contributed by atoms with E-state index in [1.807, 2.05) is 30.3 Å². The number of rotatable bonds is 8. The Bertz CT molecular complexity index is 870. The first-order valence-corrected chi connectivity index (χ1v) is 10.7. The molecule has 1 aliphatic heterocycles. The number of carbonyl (C=O) groups excluding carboxylic acids is 1. The molecule has 0 saturated carbocycles. The second-order valence-corrected chi connectivity index (χ2v) is 8.01. The van der Waals surface area contributed by atoms with E-state index in [0.717, 1.165) is 35.1 Å². The molecule has 146 valence electrons. The second kappa shape index (κ2) is 9.17. The van der Waals surface area contributed by atoms with E-state index in [-0.39, 0.29) is 11.9 Å². The van der Waals surface area contributed by atoms with E-state index in [9.17, 15) is 4.79 Å². The number of amides is 1. The lowest BCUT2D eigenvalue weighted by Gasteiger charge is -2.26.